The normalized spacial score (nSPS) is 22.2. The molecule has 2 aliphatic heterocycles. The van der Waals surface area contributed by atoms with E-state index in [1.165, 1.54) is 30.0 Å². The molecule has 198 valence electrons. The largest absolute Gasteiger partial charge is 0.419 e. The van der Waals surface area contributed by atoms with E-state index in [-0.39, 0.29) is 23.3 Å². The minimum atomic E-state index is -4.84. The molecule has 2 N–H and O–H groups in total. The van der Waals surface area contributed by atoms with Crippen molar-refractivity contribution < 1.29 is 27.5 Å². The minimum Gasteiger partial charge on any atom is -0.390 e. The summed E-state index contributed by atoms with van der Waals surface area (Å²) < 4.78 is 55.5. The highest BCUT2D eigenvalue weighted by Crippen LogP contribution is 2.34. The maximum atomic E-state index is 14.6. The smallest absolute Gasteiger partial charge is 0.390 e. The van der Waals surface area contributed by atoms with Gasteiger partial charge in [-0.1, -0.05) is 12.1 Å². The van der Waals surface area contributed by atoms with Crippen molar-refractivity contribution in [3.05, 3.63) is 59.3 Å². The predicted octanol–water partition coefficient (Wildman–Crippen LogP) is 3.41. The third kappa shape index (κ3) is 4.75. The average Bonchev–Trinajstić information content (AvgIpc) is 3.35. The van der Waals surface area contributed by atoms with Crippen LogP contribution in [0.1, 0.15) is 54.2 Å². The predicted molar refractivity (Wildman–Crippen MR) is 128 cm³/mol. The Morgan fingerprint density at radius 1 is 1.24 bits per heavy atom. The van der Waals surface area contributed by atoms with Crippen LogP contribution < -0.4 is 10.2 Å². The molecule has 4 heterocycles. The number of alkyl halides is 3. The van der Waals surface area contributed by atoms with Crippen molar-refractivity contribution in [1.82, 2.24) is 24.8 Å². The first-order valence-electron chi connectivity index (χ1n) is 12.2. The van der Waals surface area contributed by atoms with Gasteiger partial charge in [0.05, 0.1) is 29.0 Å². The second kappa shape index (κ2) is 9.56. The van der Waals surface area contributed by atoms with E-state index in [0.717, 1.165) is 37.7 Å². The molecule has 0 saturated carbocycles. The number of carbonyl (C=O) groups is 1. The lowest BCUT2D eigenvalue weighted by atomic mass is 9.93. The van der Waals surface area contributed by atoms with Crippen molar-refractivity contribution in [1.29, 1.82) is 0 Å². The molecule has 2 saturated heterocycles. The van der Waals surface area contributed by atoms with Crippen molar-refractivity contribution in [3.63, 3.8) is 0 Å². The number of pyridine rings is 1. The van der Waals surface area contributed by atoms with Gasteiger partial charge < -0.3 is 15.3 Å². The van der Waals surface area contributed by atoms with Gasteiger partial charge in [-0.05, 0) is 38.8 Å². The Bertz CT molecular complexity index is 1300. The fourth-order valence-electron chi connectivity index (χ4n) is 5.26. The monoisotopic (exact) mass is 520 g/mol. The van der Waals surface area contributed by atoms with Gasteiger partial charge >= 0.3 is 6.18 Å². The van der Waals surface area contributed by atoms with Crippen LogP contribution in [0.3, 0.4) is 0 Å². The molecule has 37 heavy (non-hydrogen) atoms. The van der Waals surface area contributed by atoms with Gasteiger partial charge in [0.15, 0.2) is 5.65 Å². The molecule has 1 amide bonds. The van der Waals surface area contributed by atoms with Crippen LogP contribution in [0, 0.1) is 5.82 Å². The SMILES string of the molecule is C[C@@H](NC(=O)c1cc(N2CCC(N3C[C@@H](O)[C@@H]3C)CC2)c2ncnn2c1)c1cccc(C(F)(F)F)c1F. The summed E-state index contributed by atoms with van der Waals surface area (Å²) in [5, 5.41) is 16.6. The highest BCUT2D eigenvalue weighted by molar-refractivity contribution is 5.96. The third-order valence-corrected chi connectivity index (χ3v) is 7.52. The van der Waals surface area contributed by atoms with Crippen LogP contribution in [0.4, 0.5) is 23.2 Å². The number of fused-ring (bicyclic) bond motifs is 1. The van der Waals surface area contributed by atoms with E-state index >= 15 is 0 Å². The number of aromatic nitrogens is 3. The molecule has 0 aliphatic carbocycles. The summed E-state index contributed by atoms with van der Waals surface area (Å²) >= 11 is 0. The van der Waals surface area contributed by atoms with Gasteiger partial charge in [-0.2, -0.15) is 18.3 Å². The molecule has 8 nitrogen and oxygen atoms in total. The molecule has 0 spiro atoms. The molecule has 2 aliphatic rings. The molecule has 12 heteroatoms. The van der Waals surface area contributed by atoms with Crippen LogP contribution in [0.25, 0.3) is 5.65 Å². The molecule has 2 aromatic heterocycles. The summed E-state index contributed by atoms with van der Waals surface area (Å²) in [6.07, 6.45) is -0.462. The zero-order valence-corrected chi connectivity index (χ0v) is 20.4. The van der Waals surface area contributed by atoms with Crippen molar-refractivity contribution >= 4 is 17.2 Å². The van der Waals surface area contributed by atoms with Gasteiger partial charge in [-0.3, -0.25) is 9.69 Å². The van der Waals surface area contributed by atoms with Crippen molar-refractivity contribution in [2.24, 2.45) is 0 Å². The Hall–Kier alpha value is -3.25. The highest BCUT2D eigenvalue weighted by atomic mass is 19.4. The molecule has 0 radical (unpaired) electrons. The minimum absolute atomic E-state index is 0.149. The van der Waals surface area contributed by atoms with Crippen molar-refractivity contribution in [2.45, 2.75) is 57.1 Å². The molecule has 0 unspecified atom stereocenters. The first-order valence-corrected chi connectivity index (χ1v) is 12.2. The van der Waals surface area contributed by atoms with E-state index in [9.17, 15) is 27.5 Å². The lowest BCUT2D eigenvalue weighted by Crippen LogP contribution is -2.63. The summed E-state index contributed by atoms with van der Waals surface area (Å²) in [5.74, 6) is -1.97. The number of carbonyl (C=O) groups excluding carboxylic acids is 1. The second-order valence-electron chi connectivity index (χ2n) is 9.77. The van der Waals surface area contributed by atoms with Gasteiger partial charge in [-0.25, -0.2) is 13.9 Å². The maximum absolute atomic E-state index is 14.6. The highest BCUT2D eigenvalue weighted by Gasteiger charge is 2.40. The number of benzene rings is 1. The number of β-amino-alcohol motifs (C(OH)–C–C–N with tert-alkyl or cyclic N) is 1. The molecular formula is C25H28F4N6O2. The second-order valence-corrected chi connectivity index (χ2v) is 9.77. The van der Waals surface area contributed by atoms with Crippen LogP contribution in [-0.2, 0) is 6.18 Å². The molecule has 2 fully saturated rings. The summed E-state index contributed by atoms with van der Waals surface area (Å²) in [4.78, 5) is 21.9. The molecule has 3 atom stereocenters. The standard InChI is InChI=1S/C25H28F4N6O2/c1-14(18-4-3-5-19(22(18)26)25(27,28)29)32-24(37)16-10-20(23-30-13-31-35(23)11-16)33-8-6-17(7-9-33)34-12-21(36)15(34)2/h3-5,10-11,13-15,17,21,36H,6-9,12H2,1-2H3,(H,32,37)/t14-,15+,21-/m1/s1. The lowest BCUT2D eigenvalue weighted by molar-refractivity contribution is -0.140. The number of nitrogens with one attached hydrogen (secondary N) is 1. The maximum Gasteiger partial charge on any atom is 0.419 e. The average molecular weight is 521 g/mol. The zero-order chi connectivity index (χ0) is 26.5. The number of piperidine rings is 1. The number of rotatable bonds is 5. The Labute approximate surface area is 210 Å². The number of amides is 1. The molecule has 5 rings (SSSR count). The molecule has 3 aromatic rings. The van der Waals surface area contributed by atoms with Crippen molar-refractivity contribution in [3.8, 4) is 0 Å². The van der Waals surface area contributed by atoms with E-state index in [0.29, 0.717) is 24.3 Å². The van der Waals surface area contributed by atoms with E-state index in [1.54, 1.807) is 6.07 Å². The quantitative estimate of drug-likeness (QED) is 0.502. The van der Waals surface area contributed by atoms with Gasteiger partial charge in [-0.15, -0.1) is 0 Å². The fourth-order valence-corrected chi connectivity index (χ4v) is 5.26. The number of likely N-dealkylation sites (tertiary alicyclic amines) is 1. The van der Waals surface area contributed by atoms with Crippen molar-refractivity contribution in [2.75, 3.05) is 24.5 Å². The molecule has 1 aromatic carbocycles. The number of anilines is 1. The summed E-state index contributed by atoms with van der Waals surface area (Å²) in [6, 6.07) is 4.22. The van der Waals surface area contributed by atoms with Crippen LogP contribution in [0.15, 0.2) is 36.8 Å². The number of hydrogen-bond donors (Lipinski definition) is 2. The lowest BCUT2D eigenvalue weighted by Gasteiger charge is -2.50. The van der Waals surface area contributed by atoms with Crippen LogP contribution in [0.5, 0.6) is 0 Å². The number of halogens is 4. The zero-order valence-electron chi connectivity index (χ0n) is 20.4. The van der Waals surface area contributed by atoms with Crippen LogP contribution >= 0.6 is 0 Å². The topological polar surface area (TPSA) is 86.0 Å². The van der Waals surface area contributed by atoms with Gasteiger partial charge in [0, 0.05) is 43.5 Å². The summed E-state index contributed by atoms with van der Waals surface area (Å²) in [7, 11) is 0. The van der Waals surface area contributed by atoms with E-state index in [1.807, 2.05) is 6.92 Å². The first kappa shape index (κ1) is 25.4. The van der Waals surface area contributed by atoms with Crippen LogP contribution in [0.2, 0.25) is 0 Å². The third-order valence-electron chi connectivity index (χ3n) is 7.52. The molecular weight excluding hydrogens is 492 g/mol. The number of aliphatic hydroxyl groups excluding tert-OH is 1. The Morgan fingerprint density at radius 3 is 2.62 bits per heavy atom. The first-order chi connectivity index (χ1) is 17.5. The van der Waals surface area contributed by atoms with Gasteiger partial charge in [0.2, 0.25) is 0 Å². The Kier molecular flexibility index (Phi) is 6.57. The number of nitrogens with zero attached hydrogens (tertiary/aromatic N) is 5. The van der Waals surface area contributed by atoms with E-state index in [2.05, 4.69) is 25.2 Å². The van der Waals surface area contributed by atoms with Gasteiger partial charge in [0.1, 0.15) is 12.1 Å². The van der Waals surface area contributed by atoms with Crippen LogP contribution in [-0.4, -0.2) is 68.3 Å². The van der Waals surface area contributed by atoms with E-state index < -0.39 is 29.5 Å². The number of hydrogen-bond acceptors (Lipinski definition) is 6. The van der Waals surface area contributed by atoms with E-state index in [4.69, 9.17) is 0 Å². The fraction of sp³-hybridized carbons (Fsp3) is 0.480. The Balaban J connectivity index is 1.34. The summed E-state index contributed by atoms with van der Waals surface area (Å²) in [6.45, 7) is 5.59. The Morgan fingerprint density at radius 2 is 1.97 bits per heavy atom. The molecule has 0 bridgehead atoms. The number of aliphatic hydroxyl groups is 1. The van der Waals surface area contributed by atoms with Gasteiger partial charge in [0.25, 0.3) is 5.91 Å². The summed E-state index contributed by atoms with van der Waals surface area (Å²) in [5.41, 5.74) is -0.0904.